The number of rotatable bonds is 4. The summed E-state index contributed by atoms with van der Waals surface area (Å²) in [6.45, 7) is 0.225. The molecule has 1 aromatic carbocycles. The third-order valence-electron chi connectivity index (χ3n) is 4.70. The number of hydrogen-bond donors (Lipinski definition) is 1. The predicted molar refractivity (Wildman–Crippen MR) is 105 cm³/mol. The second-order valence-electron chi connectivity index (χ2n) is 6.67. The Labute approximate surface area is 167 Å². The predicted octanol–water partition coefficient (Wildman–Crippen LogP) is 1.26. The van der Waals surface area contributed by atoms with Crippen molar-refractivity contribution in [3.63, 3.8) is 0 Å². The van der Waals surface area contributed by atoms with E-state index in [4.69, 9.17) is 0 Å². The molecule has 0 bridgehead atoms. The Hall–Kier alpha value is -3.27. The van der Waals surface area contributed by atoms with Gasteiger partial charge in [-0.1, -0.05) is 12.1 Å². The summed E-state index contributed by atoms with van der Waals surface area (Å²) in [5.41, 5.74) is 0.771. The van der Waals surface area contributed by atoms with Crippen LogP contribution in [0.15, 0.2) is 65.0 Å². The first-order valence-electron chi connectivity index (χ1n) is 8.86. The lowest BCUT2D eigenvalue weighted by Crippen LogP contribution is -2.43. The maximum atomic E-state index is 13.4. The molecule has 0 saturated heterocycles. The van der Waals surface area contributed by atoms with E-state index in [0.717, 1.165) is 0 Å². The number of nitrogens with zero attached hydrogens (tertiary/aromatic N) is 4. The van der Waals surface area contributed by atoms with Crippen molar-refractivity contribution in [2.24, 2.45) is 11.4 Å². The van der Waals surface area contributed by atoms with Crippen LogP contribution in [-0.2, 0) is 21.9 Å². The van der Waals surface area contributed by atoms with Gasteiger partial charge in [0.05, 0.1) is 11.3 Å². The molecule has 4 rings (SSSR count). The molecule has 150 valence electrons. The van der Waals surface area contributed by atoms with Crippen LogP contribution in [0.25, 0.3) is 0 Å². The van der Waals surface area contributed by atoms with E-state index >= 15 is 0 Å². The minimum atomic E-state index is -3.62. The minimum Gasteiger partial charge on any atom is -0.338 e. The molecule has 0 fully saturated rings. The molecule has 0 aliphatic carbocycles. The van der Waals surface area contributed by atoms with Crippen molar-refractivity contribution in [3.05, 3.63) is 77.8 Å². The number of aromatic nitrogens is 2. The maximum Gasteiger partial charge on any atom is 0.256 e. The normalized spacial score (nSPS) is 18.5. The van der Waals surface area contributed by atoms with Crippen LogP contribution in [0, 0.1) is 5.82 Å². The highest BCUT2D eigenvalue weighted by Crippen LogP contribution is 2.23. The van der Waals surface area contributed by atoms with Crippen molar-refractivity contribution < 1.29 is 17.6 Å². The number of allylic oxidation sites excluding steroid dienone is 2. The van der Waals surface area contributed by atoms with Crippen molar-refractivity contribution >= 4 is 21.8 Å². The number of imidazole rings is 1. The lowest BCUT2D eigenvalue weighted by atomic mass is 10.0. The highest BCUT2D eigenvalue weighted by molar-refractivity contribution is 7.90. The molecule has 1 atom stereocenters. The first-order chi connectivity index (χ1) is 13.8. The van der Waals surface area contributed by atoms with E-state index in [-0.39, 0.29) is 23.7 Å². The summed E-state index contributed by atoms with van der Waals surface area (Å²) in [6, 6.07) is 5.08. The number of hydrogen-bond acceptors (Lipinski definition) is 5. The van der Waals surface area contributed by atoms with Crippen LogP contribution in [0.5, 0.6) is 0 Å². The van der Waals surface area contributed by atoms with E-state index in [2.05, 4.69) is 14.7 Å². The van der Waals surface area contributed by atoms with Gasteiger partial charge in [-0.25, -0.2) is 17.8 Å². The summed E-state index contributed by atoms with van der Waals surface area (Å²) in [7, 11) is -1.84. The van der Waals surface area contributed by atoms with Gasteiger partial charge < -0.3 is 14.8 Å². The van der Waals surface area contributed by atoms with Gasteiger partial charge in [0.1, 0.15) is 17.7 Å². The fraction of sp³-hybridized carbons (Fsp3) is 0.211. The average molecular weight is 415 g/mol. The molecule has 10 heteroatoms. The number of fused-ring (bicyclic) bond motifs is 1. The Kier molecular flexibility index (Phi) is 4.79. The molecule has 2 aliphatic heterocycles. The summed E-state index contributed by atoms with van der Waals surface area (Å²) in [5.74, 6) is -0.369. The quantitative estimate of drug-likeness (QED) is 0.811. The van der Waals surface area contributed by atoms with Crippen LogP contribution in [0.4, 0.5) is 4.39 Å². The Balaban J connectivity index is 1.69. The van der Waals surface area contributed by atoms with Crippen LogP contribution in [0.1, 0.15) is 17.4 Å². The molecule has 0 radical (unpaired) electrons. The second-order valence-corrected chi connectivity index (χ2v) is 8.43. The highest BCUT2D eigenvalue weighted by atomic mass is 32.2. The number of halogens is 1. The number of carbonyl (C=O) groups excluding carboxylic acids is 1. The zero-order chi connectivity index (χ0) is 20.6. The number of nitrogens with one attached hydrogen (secondary N) is 1. The van der Waals surface area contributed by atoms with E-state index in [0.29, 0.717) is 11.4 Å². The van der Waals surface area contributed by atoms with Crippen molar-refractivity contribution in [1.82, 2.24) is 19.8 Å². The zero-order valence-corrected chi connectivity index (χ0v) is 16.3. The Morgan fingerprint density at radius 2 is 2.03 bits per heavy atom. The lowest BCUT2D eigenvalue weighted by molar-refractivity contribution is -0.117. The summed E-state index contributed by atoms with van der Waals surface area (Å²) in [5, 5.41) is 2.88. The number of amidine groups is 1. The molecule has 2 aliphatic rings. The molecule has 1 N–H and O–H groups in total. The Morgan fingerprint density at radius 1 is 1.28 bits per heavy atom. The zero-order valence-electron chi connectivity index (χ0n) is 15.5. The Bertz CT molecular complexity index is 1150. The van der Waals surface area contributed by atoms with Gasteiger partial charge in [0, 0.05) is 32.2 Å². The summed E-state index contributed by atoms with van der Waals surface area (Å²) in [4.78, 5) is 19.0. The van der Waals surface area contributed by atoms with E-state index in [1.807, 2.05) is 0 Å². The van der Waals surface area contributed by atoms with Crippen LogP contribution < -0.4 is 5.32 Å². The van der Waals surface area contributed by atoms with Gasteiger partial charge >= 0.3 is 0 Å². The fourth-order valence-corrected chi connectivity index (χ4v) is 4.20. The molecular formula is C19H18FN5O3S. The van der Waals surface area contributed by atoms with Gasteiger partial charge in [-0.15, -0.1) is 4.40 Å². The van der Waals surface area contributed by atoms with Crippen LogP contribution in [0.2, 0.25) is 0 Å². The fourth-order valence-electron chi connectivity index (χ4n) is 3.21. The molecule has 0 unspecified atom stereocenters. The topological polar surface area (TPSA) is 96.7 Å². The van der Waals surface area contributed by atoms with Crippen molar-refractivity contribution in [1.29, 1.82) is 0 Å². The molecule has 0 spiro atoms. The molecular weight excluding hydrogens is 397 g/mol. The number of benzene rings is 1. The van der Waals surface area contributed by atoms with Gasteiger partial charge in [-0.05, 0) is 29.8 Å². The van der Waals surface area contributed by atoms with E-state index in [9.17, 15) is 17.6 Å². The standard InChI is InChI=1S/C19H18FN5O3S/c1-24-10-8-21-18(24)16(13-4-6-14(20)7-5-13)22-19(26)15-3-2-9-25-11-12-29(27,28)23-17(15)25/h2-10,16H,11-12H2,1H3,(H,22,26)/t16-/m1/s1. The van der Waals surface area contributed by atoms with Gasteiger partial charge in [0.25, 0.3) is 15.9 Å². The molecule has 29 heavy (non-hydrogen) atoms. The molecule has 2 aromatic rings. The maximum absolute atomic E-state index is 13.4. The van der Waals surface area contributed by atoms with Crippen LogP contribution in [0.3, 0.4) is 0 Å². The second kappa shape index (κ2) is 7.28. The summed E-state index contributed by atoms with van der Waals surface area (Å²) in [6.07, 6.45) is 8.20. The largest absolute Gasteiger partial charge is 0.338 e. The van der Waals surface area contributed by atoms with Crippen LogP contribution >= 0.6 is 0 Å². The van der Waals surface area contributed by atoms with Crippen LogP contribution in [-0.4, -0.2) is 46.9 Å². The first-order valence-corrected chi connectivity index (χ1v) is 10.5. The van der Waals surface area contributed by atoms with Crippen molar-refractivity contribution in [2.45, 2.75) is 6.04 Å². The van der Waals surface area contributed by atoms with Gasteiger partial charge in [0.2, 0.25) is 0 Å². The van der Waals surface area contributed by atoms with Gasteiger partial charge in [-0.2, -0.15) is 0 Å². The van der Waals surface area contributed by atoms with E-state index < -0.39 is 27.8 Å². The molecule has 1 amide bonds. The minimum absolute atomic E-state index is 0.0916. The average Bonchev–Trinajstić information content (AvgIpc) is 3.11. The smallest absolute Gasteiger partial charge is 0.256 e. The highest BCUT2D eigenvalue weighted by Gasteiger charge is 2.31. The first kappa shape index (κ1) is 19.1. The number of amides is 1. The third-order valence-corrected chi connectivity index (χ3v) is 5.85. The monoisotopic (exact) mass is 415 g/mol. The van der Waals surface area contributed by atoms with Gasteiger partial charge in [-0.3, -0.25) is 4.79 Å². The SMILES string of the molecule is Cn1ccnc1[C@H](NC(=O)C1=CC=CN2CCS(=O)(=O)N=C12)c1ccc(F)cc1. The molecule has 3 heterocycles. The third kappa shape index (κ3) is 3.83. The summed E-state index contributed by atoms with van der Waals surface area (Å²) >= 11 is 0. The Morgan fingerprint density at radius 3 is 2.72 bits per heavy atom. The number of aryl methyl sites for hydroxylation is 1. The number of carbonyl (C=O) groups is 1. The lowest BCUT2D eigenvalue weighted by Gasteiger charge is -2.29. The number of sulfonamides is 1. The molecule has 1 aromatic heterocycles. The van der Waals surface area contributed by atoms with E-state index in [1.54, 1.807) is 53.3 Å². The van der Waals surface area contributed by atoms with Gasteiger partial charge in [0.15, 0.2) is 5.84 Å². The molecule has 0 saturated carbocycles. The summed E-state index contributed by atoms with van der Waals surface area (Å²) < 4.78 is 42.8. The molecule has 8 nitrogen and oxygen atoms in total. The van der Waals surface area contributed by atoms with E-state index in [1.165, 1.54) is 18.2 Å². The van der Waals surface area contributed by atoms with Crippen molar-refractivity contribution in [3.8, 4) is 0 Å². The van der Waals surface area contributed by atoms with Crippen molar-refractivity contribution in [2.75, 3.05) is 12.3 Å².